The number of nitrogens with zero attached hydrogens (tertiary/aromatic N) is 1. The van der Waals surface area contributed by atoms with Crippen molar-refractivity contribution in [1.29, 1.82) is 0 Å². The highest BCUT2D eigenvalue weighted by atomic mass is 32.2. The van der Waals surface area contributed by atoms with Crippen molar-refractivity contribution < 1.29 is 17.9 Å². The maximum absolute atomic E-state index is 11.9. The van der Waals surface area contributed by atoms with Crippen LogP contribution in [0.1, 0.15) is 12.7 Å². The first-order chi connectivity index (χ1) is 7.56. The Balaban J connectivity index is 3.05. The zero-order chi connectivity index (χ0) is 12.2. The van der Waals surface area contributed by atoms with Crippen molar-refractivity contribution in [2.75, 3.05) is 13.1 Å². The van der Waals surface area contributed by atoms with E-state index in [0.717, 1.165) is 4.31 Å². The summed E-state index contributed by atoms with van der Waals surface area (Å²) in [7, 11) is -3.69. The molecule has 1 aromatic heterocycles. The van der Waals surface area contributed by atoms with E-state index in [4.69, 9.17) is 15.9 Å². The summed E-state index contributed by atoms with van der Waals surface area (Å²) in [5.74, 6) is 2.48. The third-order valence-electron chi connectivity index (χ3n) is 2.01. The first kappa shape index (κ1) is 12.8. The molecule has 0 aromatic carbocycles. The fourth-order valence-electron chi connectivity index (χ4n) is 1.18. The molecule has 0 amide bonds. The Kier molecular flexibility index (Phi) is 4.12. The molecule has 1 N–H and O–H groups in total. The number of hydrogen-bond acceptors (Lipinski definition) is 4. The Hall–Kier alpha value is -1.29. The lowest BCUT2D eigenvalue weighted by Crippen LogP contribution is -2.30. The quantitative estimate of drug-likeness (QED) is 0.761. The zero-order valence-corrected chi connectivity index (χ0v) is 9.70. The Morgan fingerprint density at radius 3 is 2.69 bits per heavy atom. The molecule has 0 fully saturated rings. The molecule has 16 heavy (non-hydrogen) atoms. The number of hydrogen-bond donors (Lipinski definition) is 1. The van der Waals surface area contributed by atoms with Gasteiger partial charge in [0, 0.05) is 6.54 Å². The predicted octanol–water partition coefficient (Wildman–Crippen LogP) is 0.416. The van der Waals surface area contributed by atoms with Crippen LogP contribution in [0.2, 0.25) is 0 Å². The fourth-order valence-corrected chi connectivity index (χ4v) is 2.47. The van der Waals surface area contributed by atoms with Gasteiger partial charge in [-0.1, -0.05) is 12.8 Å². The van der Waals surface area contributed by atoms with E-state index in [-0.39, 0.29) is 30.5 Å². The van der Waals surface area contributed by atoms with E-state index in [9.17, 15) is 8.42 Å². The molecule has 1 aromatic rings. The predicted molar refractivity (Wildman–Crippen MR) is 57.9 cm³/mol. The first-order valence-corrected chi connectivity index (χ1v) is 6.13. The molecule has 0 spiro atoms. The molecular weight excluding hydrogens is 230 g/mol. The summed E-state index contributed by atoms with van der Waals surface area (Å²) in [6.07, 6.45) is 5.08. The average molecular weight is 243 g/mol. The van der Waals surface area contributed by atoms with Crippen LogP contribution in [-0.4, -0.2) is 30.9 Å². The highest BCUT2D eigenvalue weighted by molar-refractivity contribution is 7.89. The number of rotatable bonds is 5. The van der Waals surface area contributed by atoms with Gasteiger partial charge in [0.15, 0.2) is 0 Å². The van der Waals surface area contributed by atoms with Crippen molar-refractivity contribution in [2.24, 2.45) is 0 Å². The average Bonchev–Trinajstić information content (AvgIpc) is 2.74. The van der Waals surface area contributed by atoms with E-state index < -0.39 is 10.0 Å². The monoisotopic (exact) mass is 243 g/mol. The molecule has 5 nitrogen and oxygen atoms in total. The van der Waals surface area contributed by atoms with Gasteiger partial charge in [-0.05, 0) is 12.1 Å². The number of sulfonamides is 1. The minimum Gasteiger partial charge on any atom is -0.446 e. The molecule has 0 unspecified atom stereocenters. The highest BCUT2D eigenvalue weighted by Gasteiger charge is 2.25. The summed E-state index contributed by atoms with van der Waals surface area (Å²) < 4.78 is 30.0. The number of aliphatic hydroxyl groups excluding tert-OH is 1. The molecule has 6 heteroatoms. The van der Waals surface area contributed by atoms with Gasteiger partial charge in [-0.2, -0.15) is 4.31 Å². The molecule has 0 radical (unpaired) electrons. The van der Waals surface area contributed by atoms with Crippen LogP contribution < -0.4 is 0 Å². The fraction of sp³-hybridized carbons (Fsp3) is 0.400. The maximum atomic E-state index is 11.9. The van der Waals surface area contributed by atoms with E-state index in [0.29, 0.717) is 0 Å². The molecule has 1 rings (SSSR count). The van der Waals surface area contributed by atoms with Gasteiger partial charge in [0.2, 0.25) is 5.09 Å². The summed E-state index contributed by atoms with van der Waals surface area (Å²) in [6, 6.07) is 2.72. The third kappa shape index (κ3) is 2.44. The summed E-state index contributed by atoms with van der Waals surface area (Å²) in [6.45, 7) is 1.61. The number of terminal acetylenes is 1. The van der Waals surface area contributed by atoms with Gasteiger partial charge in [-0.25, -0.2) is 8.42 Å². The van der Waals surface area contributed by atoms with Crippen molar-refractivity contribution in [3.05, 3.63) is 17.9 Å². The van der Waals surface area contributed by atoms with Crippen LogP contribution in [0.4, 0.5) is 0 Å². The molecule has 0 aliphatic rings. The zero-order valence-electron chi connectivity index (χ0n) is 8.88. The second-order valence-corrected chi connectivity index (χ2v) is 4.88. The van der Waals surface area contributed by atoms with Gasteiger partial charge in [0.05, 0.1) is 6.54 Å². The summed E-state index contributed by atoms with van der Waals surface area (Å²) in [5, 5.41) is 8.58. The molecule has 0 saturated heterocycles. The SMILES string of the molecule is C#CCN(CC)S(=O)(=O)c1ccc(CO)o1. The number of aliphatic hydroxyl groups is 1. The standard InChI is InChI=1S/C10H13NO4S/c1-3-7-11(4-2)16(13,14)10-6-5-9(8-12)15-10/h1,5-6,12H,4,7-8H2,2H3. The lowest BCUT2D eigenvalue weighted by Gasteiger charge is -2.15. The van der Waals surface area contributed by atoms with Gasteiger partial charge in [-0.15, -0.1) is 6.42 Å². The van der Waals surface area contributed by atoms with E-state index in [2.05, 4.69) is 5.92 Å². The van der Waals surface area contributed by atoms with Crippen molar-refractivity contribution in [1.82, 2.24) is 4.31 Å². The van der Waals surface area contributed by atoms with Gasteiger partial charge in [0.1, 0.15) is 12.4 Å². The molecule has 0 atom stereocenters. The molecule has 0 aliphatic carbocycles. The molecule has 0 aliphatic heterocycles. The smallest absolute Gasteiger partial charge is 0.277 e. The van der Waals surface area contributed by atoms with Crippen LogP contribution in [0.5, 0.6) is 0 Å². The summed E-state index contributed by atoms with van der Waals surface area (Å²) in [5.41, 5.74) is 0. The molecule has 0 saturated carbocycles. The van der Waals surface area contributed by atoms with Crippen molar-refractivity contribution >= 4 is 10.0 Å². The Morgan fingerprint density at radius 2 is 2.25 bits per heavy atom. The second kappa shape index (κ2) is 5.16. The van der Waals surface area contributed by atoms with E-state index >= 15 is 0 Å². The van der Waals surface area contributed by atoms with Crippen molar-refractivity contribution in [3.8, 4) is 12.3 Å². The van der Waals surface area contributed by atoms with Crippen LogP contribution >= 0.6 is 0 Å². The van der Waals surface area contributed by atoms with E-state index in [1.165, 1.54) is 12.1 Å². The topological polar surface area (TPSA) is 70.8 Å². The van der Waals surface area contributed by atoms with E-state index in [1.54, 1.807) is 6.92 Å². The number of furan rings is 1. The molecular formula is C10H13NO4S. The summed E-state index contributed by atoms with van der Waals surface area (Å²) in [4.78, 5) is 0. The third-order valence-corrected chi connectivity index (χ3v) is 3.80. The maximum Gasteiger partial charge on any atom is 0.277 e. The molecule has 88 valence electrons. The van der Waals surface area contributed by atoms with Crippen LogP contribution in [0, 0.1) is 12.3 Å². The minimum atomic E-state index is -3.69. The van der Waals surface area contributed by atoms with E-state index in [1.807, 2.05) is 0 Å². The van der Waals surface area contributed by atoms with Crippen molar-refractivity contribution in [2.45, 2.75) is 18.6 Å². The Labute approximate surface area is 94.7 Å². The second-order valence-electron chi connectivity index (χ2n) is 3.01. The minimum absolute atomic E-state index is 0.00596. The lowest BCUT2D eigenvalue weighted by atomic mass is 10.5. The molecule has 0 bridgehead atoms. The first-order valence-electron chi connectivity index (χ1n) is 4.69. The molecule has 1 heterocycles. The van der Waals surface area contributed by atoms with Crippen molar-refractivity contribution in [3.63, 3.8) is 0 Å². The Bertz CT molecular complexity index is 483. The largest absolute Gasteiger partial charge is 0.446 e. The van der Waals surface area contributed by atoms with Gasteiger partial charge >= 0.3 is 0 Å². The highest BCUT2D eigenvalue weighted by Crippen LogP contribution is 2.18. The van der Waals surface area contributed by atoms with Crippen LogP contribution in [0.25, 0.3) is 0 Å². The normalized spacial score (nSPS) is 11.6. The van der Waals surface area contributed by atoms with Gasteiger partial charge in [0.25, 0.3) is 10.0 Å². The van der Waals surface area contributed by atoms with Crippen LogP contribution in [0.15, 0.2) is 21.6 Å². The lowest BCUT2D eigenvalue weighted by molar-refractivity contribution is 0.235. The Morgan fingerprint density at radius 1 is 1.56 bits per heavy atom. The van der Waals surface area contributed by atoms with Crippen LogP contribution in [-0.2, 0) is 16.6 Å². The van der Waals surface area contributed by atoms with Gasteiger partial charge < -0.3 is 9.52 Å². The summed E-state index contributed by atoms with van der Waals surface area (Å²) >= 11 is 0. The van der Waals surface area contributed by atoms with Gasteiger partial charge in [-0.3, -0.25) is 0 Å². The van der Waals surface area contributed by atoms with Crippen LogP contribution in [0.3, 0.4) is 0 Å².